The van der Waals surface area contributed by atoms with Crippen LogP contribution in [0.1, 0.15) is 18.0 Å². The molecule has 7 heteroatoms. The second kappa shape index (κ2) is 5.72. The second-order valence-corrected chi connectivity index (χ2v) is 3.50. The van der Waals surface area contributed by atoms with Crippen LogP contribution in [-0.4, -0.2) is 19.4 Å². The summed E-state index contributed by atoms with van der Waals surface area (Å²) in [6, 6.07) is 4.39. The van der Waals surface area contributed by atoms with E-state index in [0.717, 1.165) is 12.1 Å². The first-order chi connectivity index (χ1) is 8.31. The second-order valence-electron chi connectivity index (χ2n) is 3.50. The lowest BCUT2D eigenvalue weighted by molar-refractivity contribution is -0.274. The SMILES string of the molecule is COC(=O)C[C@H](N)c1ccc(OC(F)(F)F)cc1. The Hall–Kier alpha value is -1.76. The van der Waals surface area contributed by atoms with Gasteiger partial charge in [0.25, 0.3) is 0 Å². The summed E-state index contributed by atoms with van der Waals surface area (Å²) >= 11 is 0. The Morgan fingerprint density at radius 2 is 1.89 bits per heavy atom. The van der Waals surface area contributed by atoms with Crippen molar-refractivity contribution < 1.29 is 27.4 Å². The minimum atomic E-state index is -4.73. The molecule has 0 aliphatic carbocycles. The first kappa shape index (κ1) is 14.3. The van der Waals surface area contributed by atoms with Crippen LogP contribution in [0.25, 0.3) is 0 Å². The molecule has 2 N–H and O–H groups in total. The predicted octanol–water partition coefficient (Wildman–Crippen LogP) is 2.15. The van der Waals surface area contributed by atoms with Crippen LogP contribution in [-0.2, 0) is 9.53 Å². The maximum atomic E-state index is 11.9. The third-order valence-electron chi connectivity index (χ3n) is 2.16. The van der Waals surface area contributed by atoms with Crippen molar-refractivity contribution in [1.82, 2.24) is 0 Å². The summed E-state index contributed by atoms with van der Waals surface area (Å²) in [6.07, 6.45) is -4.77. The Balaban J connectivity index is 2.67. The third-order valence-corrected chi connectivity index (χ3v) is 2.16. The van der Waals surface area contributed by atoms with Crippen LogP contribution >= 0.6 is 0 Å². The summed E-state index contributed by atoms with van der Waals surface area (Å²) in [4.78, 5) is 11.0. The number of esters is 1. The molecule has 0 amide bonds. The number of nitrogens with two attached hydrogens (primary N) is 1. The first-order valence-electron chi connectivity index (χ1n) is 5.00. The number of benzene rings is 1. The number of carbonyl (C=O) groups excluding carboxylic acids is 1. The van der Waals surface area contributed by atoms with Crippen molar-refractivity contribution in [2.75, 3.05) is 7.11 Å². The van der Waals surface area contributed by atoms with Crippen molar-refractivity contribution in [3.8, 4) is 5.75 Å². The van der Waals surface area contributed by atoms with Crippen molar-refractivity contribution in [3.05, 3.63) is 29.8 Å². The average molecular weight is 263 g/mol. The molecule has 0 saturated heterocycles. The highest BCUT2D eigenvalue weighted by atomic mass is 19.4. The van der Waals surface area contributed by atoms with Crippen molar-refractivity contribution in [2.24, 2.45) is 5.73 Å². The van der Waals surface area contributed by atoms with E-state index in [9.17, 15) is 18.0 Å². The molecule has 0 spiro atoms. The molecule has 0 radical (unpaired) electrons. The third kappa shape index (κ3) is 4.62. The number of alkyl halides is 3. The molecule has 0 aliphatic rings. The lowest BCUT2D eigenvalue weighted by Gasteiger charge is -2.12. The zero-order chi connectivity index (χ0) is 13.8. The van der Waals surface area contributed by atoms with E-state index in [0.29, 0.717) is 5.56 Å². The quantitative estimate of drug-likeness (QED) is 0.845. The van der Waals surface area contributed by atoms with Gasteiger partial charge in [0.05, 0.1) is 13.5 Å². The van der Waals surface area contributed by atoms with E-state index in [4.69, 9.17) is 5.73 Å². The van der Waals surface area contributed by atoms with Crippen LogP contribution in [0.3, 0.4) is 0 Å². The van der Waals surface area contributed by atoms with Crippen LogP contribution < -0.4 is 10.5 Å². The molecule has 0 heterocycles. The summed E-state index contributed by atoms with van der Waals surface area (Å²) < 4.78 is 43.9. The molecule has 0 saturated carbocycles. The van der Waals surface area contributed by atoms with Crippen molar-refractivity contribution >= 4 is 5.97 Å². The fourth-order valence-corrected chi connectivity index (χ4v) is 1.30. The van der Waals surface area contributed by atoms with Crippen molar-refractivity contribution in [1.29, 1.82) is 0 Å². The first-order valence-corrected chi connectivity index (χ1v) is 5.00. The zero-order valence-electron chi connectivity index (χ0n) is 9.53. The van der Waals surface area contributed by atoms with Gasteiger partial charge in [0.2, 0.25) is 0 Å². The van der Waals surface area contributed by atoms with Crippen LogP contribution in [0.15, 0.2) is 24.3 Å². The molecule has 1 aromatic rings. The number of hydrogen-bond donors (Lipinski definition) is 1. The summed E-state index contributed by atoms with van der Waals surface area (Å²) in [5.74, 6) is -0.824. The van der Waals surface area contributed by atoms with Gasteiger partial charge in [0.1, 0.15) is 5.75 Å². The lowest BCUT2D eigenvalue weighted by Crippen LogP contribution is -2.18. The van der Waals surface area contributed by atoms with Crippen molar-refractivity contribution in [3.63, 3.8) is 0 Å². The van der Waals surface area contributed by atoms with E-state index < -0.39 is 18.4 Å². The lowest BCUT2D eigenvalue weighted by atomic mass is 10.0. The number of carbonyl (C=O) groups is 1. The highest BCUT2D eigenvalue weighted by molar-refractivity contribution is 5.70. The molecule has 0 unspecified atom stereocenters. The van der Waals surface area contributed by atoms with Gasteiger partial charge < -0.3 is 15.2 Å². The Bertz CT molecular complexity index is 403. The van der Waals surface area contributed by atoms with Gasteiger partial charge in [-0.2, -0.15) is 0 Å². The fourth-order valence-electron chi connectivity index (χ4n) is 1.30. The van der Waals surface area contributed by atoms with Gasteiger partial charge in [0.15, 0.2) is 0 Å². The minimum Gasteiger partial charge on any atom is -0.469 e. The van der Waals surface area contributed by atoms with E-state index in [1.165, 1.54) is 19.2 Å². The van der Waals surface area contributed by atoms with E-state index >= 15 is 0 Å². The van der Waals surface area contributed by atoms with Crippen LogP contribution in [0.2, 0.25) is 0 Å². The summed E-state index contributed by atoms with van der Waals surface area (Å²) in [5.41, 5.74) is 6.21. The molecule has 18 heavy (non-hydrogen) atoms. The largest absolute Gasteiger partial charge is 0.573 e. The molecule has 1 atom stereocenters. The Labute approximate surface area is 101 Å². The zero-order valence-corrected chi connectivity index (χ0v) is 9.53. The van der Waals surface area contributed by atoms with Gasteiger partial charge in [-0.25, -0.2) is 0 Å². The molecule has 1 aromatic carbocycles. The van der Waals surface area contributed by atoms with E-state index in [2.05, 4.69) is 9.47 Å². The predicted molar refractivity (Wildman–Crippen MR) is 56.7 cm³/mol. The maximum absolute atomic E-state index is 11.9. The van der Waals surface area contributed by atoms with Crippen LogP contribution in [0.4, 0.5) is 13.2 Å². The molecule has 4 nitrogen and oxygen atoms in total. The maximum Gasteiger partial charge on any atom is 0.573 e. The van der Waals surface area contributed by atoms with Gasteiger partial charge in [0, 0.05) is 6.04 Å². The monoisotopic (exact) mass is 263 g/mol. The number of methoxy groups -OCH3 is 1. The number of hydrogen-bond acceptors (Lipinski definition) is 4. The van der Waals surface area contributed by atoms with E-state index in [1.807, 2.05) is 0 Å². The molecule has 1 rings (SSSR count). The van der Waals surface area contributed by atoms with Crippen molar-refractivity contribution in [2.45, 2.75) is 18.8 Å². The standard InChI is InChI=1S/C11H12F3NO3/c1-17-10(16)6-9(15)7-2-4-8(5-3-7)18-11(12,13)14/h2-5,9H,6,15H2,1H3/t9-/m0/s1. The van der Waals surface area contributed by atoms with Gasteiger partial charge >= 0.3 is 12.3 Å². The average Bonchev–Trinajstić information content (AvgIpc) is 2.27. The Morgan fingerprint density at radius 1 is 1.33 bits per heavy atom. The smallest absolute Gasteiger partial charge is 0.469 e. The normalized spacial score (nSPS) is 12.9. The highest BCUT2D eigenvalue weighted by Gasteiger charge is 2.31. The highest BCUT2D eigenvalue weighted by Crippen LogP contribution is 2.24. The molecular weight excluding hydrogens is 251 g/mol. The van der Waals surface area contributed by atoms with Gasteiger partial charge in [-0.3, -0.25) is 4.79 Å². The number of rotatable bonds is 4. The molecular formula is C11H12F3NO3. The van der Waals surface area contributed by atoms with Crippen LogP contribution in [0.5, 0.6) is 5.75 Å². The summed E-state index contributed by atoms with van der Waals surface area (Å²) in [6.45, 7) is 0. The molecule has 0 aromatic heterocycles. The van der Waals surface area contributed by atoms with E-state index in [-0.39, 0.29) is 12.2 Å². The van der Waals surface area contributed by atoms with Gasteiger partial charge in [-0.1, -0.05) is 12.1 Å². The number of halogens is 3. The van der Waals surface area contributed by atoms with E-state index in [1.54, 1.807) is 0 Å². The fraction of sp³-hybridized carbons (Fsp3) is 0.364. The van der Waals surface area contributed by atoms with Crippen LogP contribution in [0, 0.1) is 0 Å². The Kier molecular flexibility index (Phi) is 4.55. The number of ether oxygens (including phenoxy) is 2. The molecule has 100 valence electrons. The van der Waals surface area contributed by atoms with Gasteiger partial charge in [-0.15, -0.1) is 13.2 Å². The summed E-state index contributed by atoms with van der Waals surface area (Å²) in [5, 5.41) is 0. The summed E-state index contributed by atoms with van der Waals surface area (Å²) in [7, 11) is 1.23. The van der Waals surface area contributed by atoms with Gasteiger partial charge in [-0.05, 0) is 17.7 Å². The minimum absolute atomic E-state index is 0.0457. The molecule has 0 fully saturated rings. The molecule has 0 aliphatic heterocycles. The Morgan fingerprint density at radius 3 is 2.33 bits per heavy atom. The molecule has 0 bridgehead atoms. The topological polar surface area (TPSA) is 61.5 Å².